The molecule has 1 aromatic carbocycles. The van der Waals surface area contributed by atoms with Gasteiger partial charge in [-0.3, -0.25) is 0 Å². The van der Waals surface area contributed by atoms with Gasteiger partial charge in [0.15, 0.2) is 0 Å². The summed E-state index contributed by atoms with van der Waals surface area (Å²) in [6.07, 6.45) is 0. The van der Waals surface area contributed by atoms with Crippen LogP contribution in [0.15, 0.2) is 18.2 Å². The monoisotopic (exact) mass is 200 g/mol. The fourth-order valence-electron chi connectivity index (χ4n) is 1.10. The van der Waals surface area contributed by atoms with Crippen LogP contribution in [0.4, 0.5) is 0 Å². The first-order chi connectivity index (χ1) is 6.20. The molecule has 4 N–H and O–H groups in total. The van der Waals surface area contributed by atoms with Crippen LogP contribution in [0.3, 0.4) is 0 Å². The van der Waals surface area contributed by atoms with E-state index in [2.05, 4.69) is 0 Å². The molecule has 4 heteroatoms. The van der Waals surface area contributed by atoms with Gasteiger partial charge in [-0.2, -0.15) is 0 Å². The molecule has 0 amide bonds. The third-order valence-electron chi connectivity index (χ3n) is 1.87. The van der Waals surface area contributed by atoms with Crippen LogP contribution in [0.1, 0.15) is 11.6 Å². The average molecular weight is 201 g/mol. The van der Waals surface area contributed by atoms with Gasteiger partial charge >= 0.3 is 0 Å². The van der Waals surface area contributed by atoms with E-state index in [1.54, 1.807) is 13.2 Å². The fraction of sp³-hybridized carbons (Fsp3) is 0.333. The highest BCUT2D eigenvalue weighted by molar-refractivity contribution is 6.32. The largest absolute Gasteiger partial charge is 0.495 e. The van der Waals surface area contributed by atoms with Crippen molar-refractivity contribution < 1.29 is 4.74 Å². The Morgan fingerprint density at radius 3 is 2.77 bits per heavy atom. The molecule has 13 heavy (non-hydrogen) atoms. The lowest BCUT2D eigenvalue weighted by molar-refractivity contribution is 0.414. The molecule has 1 aromatic rings. The Labute approximate surface area is 82.6 Å². The van der Waals surface area contributed by atoms with Gasteiger partial charge in [-0.15, -0.1) is 0 Å². The molecule has 0 bridgehead atoms. The Morgan fingerprint density at radius 2 is 2.23 bits per heavy atom. The van der Waals surface area contributed by atoms with E-state index in [4.69, 9.17) is 27.8 Å². The summed E-state index contributed by atoms with van der Waals surface area (Å²) in [5, 5.41) is 0.544. The summed E-state index contributed by atoms with van der Waals surface area (Å²) in [7, 11) is 1.57. The van der Waals surface area contributed by atoms with Gasteiger partial charge in [0.05, 0.1) is 12.1 Å². The number of hydrogen-bond donors (Lipinski definition) is 2. The van der Waals surface area contributed by atoms with Crippen molar-refractivity contribution in [3.63, 3.8) is 0 Å². The quantitative estimate of drug-likeness (QED) is 0.774. The van der Waals surface area contributed by atoms with E-state index < -0.39 is 0 Å². The van der Waals surface area contributed by atoms with E-state index >= 15 is 0 Å². The molecule has 0 saturated heterocycles. The summed E-state index contributed by atoms with van der Waals surface area (Å²) in [5.74, 6) is 0.628. The smallest absolute Gasteiger partial charge is 0.137 e. The summed E-state index contributed by atoms with van der Waals surface area (Å²) in [5.41, 5.74) is 12.0. The highest BCUT2D eigenvalue weighted by Gasteiger charge is 2.11. The molecule has 1 atom stereocenters. The average Bonchev–Trinajstić information content (AvgIpc) is 2.17. The van der Waals surface area contributed by atoms with Crippen LogP contribution in [0.5, 0.6) is 5.75 Å². The van der Waals surface area contributed by atoms with Crippen LogP contribution in [0.25, 0.3) is 0 Å². The molecule has 0 heterocycles. The number of benzene rings is 1. The van der Waals surface area contributed by atoms with Gasteiger partial charge in [-0.25, -0.2) is 0 Å². The van der Waals surface area contributed by atoms with Crippen molar-refractivity contribution in [2.24, 2.45) is 11.5 Å². The van der Waals surface area contributed by atoms with Crippen LogP contribution in [0, 0.1) is 0 Å². The zero-order valence-electron chi connectivity index (χ0n) is 7.46. The highest BCUT2D eigenvalue weighted by Crippen LogP contribution is 2.30. The third-order valence-corrected chi connectivity index (χ3v) is 2.27. The Hall–Kier alpha value is -0.770. The van der Waals surface area contributed by atoms with Crippen molar-refractivity contribution in [2.45, 2.75) is 6.04 Å². The van der Waals surface area contributed by atoms with Crippen molar-refractivity contribution in [2.75, 3.05) is 13.7 Å². The minimum absolute atomic E-state index is 0.234. The molecule has 0 aliphatic heterocycles. The van der Waals surface area contributed by atoms with Gasteiger partial charge in [-0.05, 0) is 11.6 Å². The van der Waals surface area contributed by atoms with Gasteiger partial charge in [-0.1, -0.05) is 23.7 Å². The van der Waals surface area contributed by atoms with E-state index in [-0.39, 0.29) is 6.04 Å². The Morgan fingerprint density at radius 1 is 1.54 bits per heavy atom. The second-order valence-corrected chi connectivity index (χ2v) is 3.08. The zero-order chi connectivity index (χ0) is 9.84. The third kappa shape index (κ3) is 2.12. The molecule has 72 valence electrons. The van der Waals surface area contributed by atoms with Gasteiger partial charge in [0.2, 0.25) is 0 Å². The molecular weight excluding hydrogens is 188 g/mol. The van der Waals surface area contributed by atoms with E-state index in [1.807, 2.05) is 12.1 Å². The number of methoxy groups -OCH3 is 1. The van der Waals surface area contributed by atoms with Crippen molar-refractivity contribution in [3.05, 3.63) is 28.8 Å². The first-order valence-corrected chi connectivity index (χ1v) is 4.36. The molecule has 1 rings (SSSR count). The van der Waals surface area contributed by atoms with Gasteiger partial charge in [0.1, 0.15) is 5.75 Å². The molecule has 0 fully saturated rings. The SMILES string of the molecule is COc1cccc([C@@H](N)CN)c1Cl. The minimum Gasteiger partial charge on any atom is -0.495 e. The van der Waals surface area contributed by atoms with Crippen molar-refractivity contribution in [3.8, 4) is 5.75 Å². The normalized spacial score (nSPS) is 12.6. The molecule has 0 aliphatic carbocycles. The zero-order valence-corrected chi connectivity index (χ0v) is 8.21. The Kier molecular flexibility index (Phi) is 3.54. The summed E-state index contributed by atoms with van der Waals surface area (Å²) in [6, 6.07) is 5.25. The Balaban J connectivity index is 3.08. The van der Waals surface area contributed by atoms with Crippen LogP contribution in [-0.2, 0) is 0 Å². The highest BCUT2D eigenvalue weighted by atomic mass is 35.5. The lowest BCUT2D eigenvalue weighted by atomic mass is 10.1. The molecule has 0 unspecified atom stereocenters. The second kappa shape index (κ2) is 4.46. The molecule has 0 aromatic heterocycles. The van der Waals surface area contributed by atoms with Gasteiger partial charge in [0, 0.05) is 12.6 Å². The van der Waals surface area contributed by atoms with Crippen LogP contribution in [0.2, 0.25) is 5.02 Å². The van der Waals surface area contributed by atoms with Gasteiger partial charge < -0.3 is 16.2 Å². The standard InChI is InChI=1S/C9H13ClN2O/c1-13-8-4-2-3-6(9(8)10)7(12)5-11/h2-4,7H,5,11-12H2,1H3/t7-/m0/s1. The molecule has 3 nitrogen and oxygen atoms in total. The number of rotatable bonds is 3. The molecule has 0 saturated carbocycles. The number of halogens is 1. The maximum absolute atomic E-state index is 6.02. The maximum Gasteiger partial charge on any atom is 0.137 e. The molecule has 0 aliphatic rings. The molecular formula is C9H13ClN2O. The predicted octanol–water partition coefficient (Wildman–Crippen LogP) is 1.31. The maximum atomic E-state index is 6.02. The number of ether oxygens (including phenoxy) is 1. The lowest BCUT2D eigenvalue weighted by Crippen LogP contribution is -2.21. The summed E-state index contributed by atoms with van der Waals surface area (Å²) in [4.78, 5) is 0. The van der Waals surface area contributed by atoms with Crippen LogP contribution < -0.4 is 16.2 Å². The predicted molar refractivity (Wildman–Crippen MR) is 54.0 cm³/mol. The summed E-state index contributed by atoms with van der Waals surface area (Å²) >= 11 is 6.02. The van der Waals surface area contributed by atoms with Crippen molar-refractivity contribution in [1.82, 2.24) is 0 Å². The van der Waals surface area contributed by atoms with E-state index in [9.17, 15) is 0 Å². The van der Waals surface area contributed by atoms with Gasteiger partial charge in [0.25, 0.3) is 0 Å². The Bertz CT molecular complexity index is 291. The number of nitrogens with two attached hydrogens (primary N) is 2. The first kappa shape index (κ1) is 10.3. The summed E-state index contributed by atoms with van der Waals surface area (Å²) in [6.45, 7) is 0.368. The van der Waals surface area contributed by atoms with E-state index in [1.165, 1.54) is 0 Å². The summed E-state index contributed by atoms with van der Waals surface area (Å²) < 4.78 is 5.05. The van der Waals surface area contributed by atoms with E-state index in [0.717, 1.165) is 5.56 Å². The van der Waals surface area contributed by atoms with E-state index in [0.29, 0.717) is 17.3 Å². The second-order valence-electron chi connectivity index (χ2n) is 2.71. The van der Waals surface area contributed by atoms with Crippen molar-refractivity contribution >= 4 is 11.6 Å². The molecule has 0 radical (unpaired) electrons. The van der Waals surface area contributed by atoms with Crippen molar-refractivity contribution in [1.29, 1.82) is 0 Å². The topological polar surface area (TPSA) is 61.3 Å². The van der Waals surface area contributed by atoms with Crippen LogP contribution in [-0.4, -0.2) is 13.7 Å². The fourth-order valence-corrected chi connectivity index (χ4v) is 1.44. The number of hydrogen-bond acceptors (Lipinski definition) is 3. The minimum atomic E-state index is -0.234. The van der Waals surface area contributed by atoms with Crippen LogP contribution >= 0.6 is 11.6 Å². The first-order valence-electron chi connectivity index (χ1n) is 3.98. The molecule has 0 spiro atoms. The lowest BCUT2D eigenvalue weighted by Gasteiger charge is -2.13.